The van der Waals surface area contributed by atoms with Crippen LogP contribution >= 0.6 is 11.9 Å². The fraction of sp³-hybridized carbons (Fsp3) is 0.500. The van der Waals surface area contributed by atoms with Gasteiger partial charge in [0.2, 0.25) is 0 Å². The molecule has 1 fully saturated rings. The lowest BCUT2D eigenvalue weighted by molar-refractivity contribution is 0.0912. The molecule has 1 aromatic carbocycles. The van der Waals surface area contributed by atoms with Gasteiger partial charge in [0.05, 0.1) is 0 Å². The van der Waals surface area contributed by atoms with Gasteiger partial charge in [-0.1, -0.05) is 25.3 Å². The van der Waals surface area contributed by atoms with Crippen molar-refractivity contribution in [1.29, 1.82) is 0 Å². The second-order valence-corrected chi connectivity index (χ2v) is 7.19. The topological polar surface area (TPSA) is 56.9 Å². The van der Waals surface area contributed by atoms with Crippen molar-refractivity contribution in [2.24, 2.45) is 0 Å². The number of benzene rings is 1. The first-order valence-electron chi connectivity index (χ1n) is 8.50. The summed E-state index contributed by atoms with van der Waals surface area (Å²) in [6.07, 6.45) is 5.86. The third kappa shape index (κ3) is 3.66. The van der Waals surface area contributed by atoms with E-state index in [1.54, 1.807) is 11.9 Å². The maximum atomic E-state index is 12.4. The lowest BCUT2D eigenvalue weighted by Crippen LogP contribution is -2.39. The van der Waals surface area contributed by atoms with Gasteiger partial charge in [-0.25, -0.2) is 0 Å². The number of carbonyl (C=O) groups excluding carboxylic acids is 1. The second kappa shape index (κ2) is 7.30. The van der Waals surface area contributed by atoms with E-state index in [0.717, 1.165) is 40.7 Å². The van der Waals surface area contributed by atoms with Gasteiger partial charge in [0.15, 0.2) is 0 Å². The molecule has 1 heterocycles. The average molecular weight is 331 g/mol. The van der Waals surface area contributed by atoms with Gasteiger partial charge in [-0.05, 0) is 56.4 Å². The van der Waals surface area contributed by atoms with Gasteiger partial charge < -0.3 is 15.0 Å². The zero-order valence-electron chi connectivity index (χ0n) is 13.9. The lowest BCUT2D eigenvalue weighted by Gasteiger charge is -2.26. The maximum Gasteiger partial charge on any atom is 0.268 e. The van der Waals surface area contributed by atoms with Gasteiger partial charge >= 0.3 is 0 Å². The first kappa shape index (κ1) is 16.2. The molecule has 1 aromatic heterocycles. The quantitative estimate of drug-likeness (QED) is 0.512. The number of aryl methyl sites for hydroxylation is 1. The Morgan fingerprint density at radius 1 is 1.39 bits per heavy atom. The normalized spacial score (nSPS) is 14.7. The minimum absolute atomic E-state index is 0.0234. The smallest absolute Gasteiger partial charge is 0.268 e. The van der Waals surface area contributed by atoms with E-state index in [1.165, 1.54) is 19.3 Å². The Hall–Kier alpha value is -1.62. The molecule has 1 saturated carbocycles. The fourth-order valence-electron chi connectivity index (χ4n) is 2.78. The first-order chi connectivity index (χ1) is 11.2. The Kier molecular flexibility index (Phi) is 5.16. The minimum atomic E-state index is 0.0234. The molecule has 3 rings (SSSR count). The molecule has 0 spiro atoms. The number of hydrogen-bond acceptors (Lipinski definition) is 3. The van der Waals surface area contributed by atoms with E-state index < -0.39 is 0 Å². The van der Waals surface area contributed by atoms with Gasteiger partial charge in [-0.3, -0.25) is 4.79 Å². The third-order valence-electron chi connectivity index (χ3n) is 4.52. The van der Waals surface area contributed by atoms with E-state index in [4.69, 9.17) is 0 Å². The minimum Gasteiger partial charge on any atom is -0.350 e. The predicted octanol–water partition coefficient (Wildman–Crippen LogP) is 4.62. The van der Waals surface area contributed by atoms with Crippen LogP contribution in [0.5, 0.6) is 0 Å². The SMILES string of the molecule is CCCCSNc1ccc2[nH]c(C(=O)NC3CCC3)c(C)c2c1. The summed E-state index contributed by atoms with van der Waals surface area (Å²) in [6.45, 7) is 4.22. The van der Waals surface area contributed by atoms with Crippen molar-refractivity contribution >= 4 is 34.4 Å². The lowest BCUT2D eigenvalue weighted by atomic mass is 9.93. The van der Waals surface area contributed by atoms with Crippen LogP contribution in [0.1, 0.15) is 55.1 Å². The molecule has 1 aliphatic rings. The predicted molar refractivity (Wildman–Crippen MR) is 99.1 cm³/mol. The third-order valence-corrected chi connectivity index (χ3v) is 5.39. The molecule has 0 saturated heterocycles. The standard InChI is InChI=1S/C18H25N3OS/c1-3-4-10-23-21-14-8-9-16-15(11-14)12(2)17(20-16)18(22)19-13-6-5-7-13/h8-9,11,13,20-21H,3-7,10H2,1-2H3,(H,19,22). The van der Waals surface area contributed by atoms with Crippen LogP contribution < -0.4 is 10.0 Å². The Labute approximate surface area is 141 Å². The molecule has 23 heavy (non-hydrogen) atoms. The van der Waals surface area contributed by atoms with Crippen LogP contribution in [0.4, 0.5) is 5.69 Å². The summed E-state index contributed by atoms with van der Waals surface area (Å²) in [7, 11) is 0. The molecular formula is C18H25N3OS. The number of unbranched alkanes of at least 4 members (excludes halogenated alkanes) is 1. The molecule has 1 amide bonds. The highest BCUT2D eigenvalue weighted by atomic mass is 32.2. The summed E-state index contributed by atoms with van der Waals surface area (Å²) in [5, 5.41) is 4.22. The number of hydrogen-bond donors (Lipinski definition) is 3. The van der Waals surface area contributed by atoms with Crippen LogP contribution in [0, 0.1) is 6.92 Å². The molecule has 3 N–H and O–H groups in total. The monoisotopic (exact) mass is 331 g/mol. The average Bonchev–Trinajstić information content (AvgIpc) is 2.84. The van der Waals surface area contributed by atoms with Crippen molar-refractivity contribution in [3.63, 3.8) is 0 Å². The number of anilines is 1. The molecule has 1 aliphatic carbocycles. The summed E-state index contributed by atoms with van der Waals surface area (Å²) >= 11 is 1.74. The second-order valence-electron chi connectivity index (χ2n) is 6.29. The van der Waals surface area contributed by atoms with Gasteiger partial charge in [0, 0.05) is 28.4 Å². The van der Waals surface area contributed by atoms with Crippen LogP contribution in [0.25, 0.3) is 10.9 Å². The zero-order chi connectivity index (χ0) is 16.2. The summed E-state index contributed by atoms with van der Waals surface area (Å²) < 4.78 is 3.39. The summed E-state index contributed by atoms with van der Waals surface area (Å²) in [5.74, 6) is 1.13. The molecule has 0 aliphatic heterocycles. The van der Waals surface area contributed by atoms with Crippen molar-refractivity contribution in [3.05, 3.63) is 29.5 Å². The van der Waals surface area contributed by atoms with Crippen molar-refractivity contribution in [3.8, 4) is 0 Å². The zero-order valence-corrected chi connectivity index (χ0v) is 14.7. The molecule has 4 nitrogen and oxygen atoms in total. The molecule has 124 valence electrons. The van der Waals surface area contributed by atoms with E-state index in [0.29, 0.717) is 11.7 Å². The van der Waals surface area contributed by atoms with E-state index in [-0.39, 0.29) is 5.91 Å². The Bertz CT molecular complexity index is 691. The maximum absolute atomic E-state index is 12.4. The van der Waals surface area contributed by atoms with Gasteiger partial charge in [-0.2, -0.15) is 0 Å². The van der Waals surface area contributed by atoms with Gasteiger partial charge in [0.25, 0.3) is 5.91 Å². The van der Waals surface area contributed by atoms with E-state index >= 15 is 0 Å². The number of carbonyl (C=O) groups is 1. The van der Waals surface area contributed by atoms with E-state index in [2.05, 4.69) is 34.1 Å². The number of aromatic nitrogens is 1. The van der Waals surface area contributed by atoms with E-state index in [9.17, 15) is 4.79 Å². The Morgan fingerprint density at radius 3 is 2.91 bits per heavy atom. The van der Waals surface area contributed by atoms with Crippen molar-refractivity contribution in [2.45, 2.75) is 52.0 Å². The first-order valence-corrected chi connectivity index (χ1v) is 9.48. The van der Waals surface area contributed by atoms with Crippen molar-refractivity contribution < 1.29 is 4.79 Å². The number of fused-ring (bicyclic) bond motifs is 1. The van der Waals surface area contributed by atoms with Crippen LogP contribution in [0.2, 0.25) is 0 Å². The highest BCUT2D eigenvalue weighted by molar-refractivity contribution is 8.00. The van der Waals surface area contributed by atoms with Crippen molar-refractivity contribution in [1.82, 2.24) is 10.3 Å². The summed E-state index contributed by atoms with van der Waals surface area (Å²) in [4.78, 5) is 15.7. The molecule has 0 bridgehead atoms. The summed E-state index contributed by atoms with van der Waals surface area (Å²) in [5.41, 5.74) is 3.83. The number of H-pyrrole nitrogens is 1. The molecule has 0 radical (unpaired) electrons. The summed E-state index contributed by atoms with van der Waals surface area (Å²) in [6, 6.07) is 6.59. The number of rotatable bonds is 7. The van der Waals surface area contributed by atoms with Gasteiger partial charge in [0.1, 0.15) is 5.69 Å². The van der Waals surface area contributed by atoms with Crippen LogP contribution in [-0.2, 0) is 0 Å². The molecule has 5 heteroatoms. The van der Waals surface area contributed by atoms with Gasteiger partial charge in [-0.15, -0.1) is 0 Å². The Morgan fingerprint density at radius 2 is 2.22 bits per heavy atom. The molecular weight excluding hydrogens is 306 g/mol. The highest BCUT2D eigenvalue weighted by Gasteiger charge is 2.22. The molecule has 0 atom stereocenters. The van der Waals surface area contributed by atoms with Crippen molar-refractivity contribution in [2.75, 3.05) is 10.5 Å². The number of aromatic amines is 1. The fourth-order valence-corrected chi connectivity index (χ4v) is 3.61. The largest absolute Gasteiger partial charge is 0.350 e. The van der Waals surface area contributed by atoms with Crippen LogP contribution in [0.15, 0.2) is 18.2 Å². The Balaban J connectivity index is 1.73. The number of nitrogens with one attached hydrogen (secondary N) is 3. The molecule has 2 aromatic rings. The number of amides is 1. The van der Waals surface area contributed by atoms with E-state index in [1.807, 2.05) is 13.0 Å². The van der Waals surface area contributed by atoms with Crippen LogP contribution in [0.3, 0.4) is 0 Å². The van der Waals surface area contributed by atoms with Crippen LogP contribution in [-0.4, -0.2) is 22.7 Å². The highest BCUT2D eigenvalue weighted by Crippen LogP contribution is 2.27. The molecule has 0 unspecified atom stereocenters.